The number of likely N-dealkylation sites (tertiary alicyclic amines) is 1. The van der Waals surface area contributed by atoms with Gasteiger partial charge in [0.25, 0.3) is 0 Å². The fourth-order valence-corrected chi connectivity index (χ4v) is 7.77. The molecule has 424 valence electrons. The van der Waals surface area contributed by atoms with Crippen LogP contribution in [-0.4, -0.2) is 165 Å². The van der Waals surface area contributed by atoms with Crippen LogP contribution in [-0.2, 0) is 56.0 Å². The number of aliphatic imine (C=N–C) groups is 1. The van der Waals surface area contributed by atoms with Gasteiger partial charge in [0.1, 0.15) is 48.0 Å². The zero-order valence-corrected chi connectivity index (χ0v) is 43.7. The number of H-pyrrole nitrogens is 1. The number of amides is 7. The number of hydrogen-bond acceptors (Lipinski definition) is 13. The highest BCUT2D eigenvalue weighted by Gasteiger charge is 2.42. The van der Waals surface area contributed by atoms with Crippen molar-refractivity contribution >= 4 is 59.2 Å². The summed E-state index contributed by atoms with van der Waals surface area (Å²) in [5.74, 6) is -10.2. The number of rotatable bonds is 28. The first-order valence-corrected chi connectivity index (χ1v) is 24.7. The fourth-order valence-electron chi connectivity index (χ4n) is 7.77. The summed E-state index contributed by atoms with van der Waals surface area (Å²) in [5, 5.41) is 46.0. The Morgan fingerprint density at radius 2 is 1.36 bits per heavy atom. The number of aromatic nitrogens is 2. The van der Waals surface area contributed by atoms with Gasteiger partial charge < -0.3 is 73.9 Å². The summed E-state index contributed by atoms with van der Waals surface area (Å²) in [6, 6.07) is -2.38. The first-order chi connectivity index (χ1) is 35.6. The lowest BCUT2D eigenvalue weighted by Gasteiger charge is -2.32. The largest absolute Gasteiger partial charge is 0.508 e. The minimum Gasteiger partial charge on any atom is -0.508 e. The molecule has 7 amide bonds. The maximum atomic E-state index is 14.5. The predicted molar refractivity (Wildman–Crippen MR) is 269 cm³/mol. The quantitative estimate of drug-likeness (QED) is 0.0291. The van der Waals surface area contributed by atoms with Gasteiger partial charge in [-0.3, -0.25) is 38.6 Å². The van der Waals surface area contributed by atoms with Gasteiger partial charge in [-0.1, -0.05) is 66.5 Å². The Morgan fingerprint density at radius 3 is 1.88 bits per heavy atom. The molecule has 1 aromatic heterocycles. The highest BCUT2D eigenvalue weighted by molar-refractivity contribution is 5.98. The van der Waals surface area contributed by atoms with Crippen LogP contribution in [0, 0.1) is 17.8 Å². The summed E-state index contributed by atoms with van der Waals surface area (Å²) < 4.78 is 31.7. The van der Waals surface area contributed by atoms with E-state index >= 15 is 0 Å². The molecule has 1 aliphatic rings. The Kier molecular flexibility index (Phi) is 26.7. The number of hydrogen-bond donors (Lipinski definition) is 13. The third kappa shape index (κ3) is 21.4. The van der Waals surface area contributed by atoms with Crippen LogP contribution in [0.2, 0.25) is 0 Å². The molecular formula is C48H74F3N13O12. The van der Waals surface area contributed by atoms with E-state index in [4.69, 9.17) is 21.4 Å². The standard InChI is InChI=1S/C46H73N13O10.C2HF3O2/c1-8-26(5)37(43(66)55-33(21-29-22-50-24-52-29)44(67)59-19-11-13-34(59)41(64)58-38(45(68)69)27(6)9-2)57-40(63)32(20-28-14-16-30(60)17-15-28)54-42(65)36(25(3)4)56-39(62)31(53-35(61)23-49-7)12-10-18-51-46(47)48;3-2(4,5)1(6)7/h14-17,22,24-27,31-34,36-38,49,60H,8-13,18-21,23H2,1-7H3,(H,50,52)(H,53,61)(H,54,65)(H,55,66)(H,56,62)(H,57,63)(H,58,64)(H,68,69)(H4,47,48,51);(H,6,7)/t26-,27-,31-,32-,33-,34-,36-,37-,38-;/m0./s1. The van der Waals surface area contributed by atoms with Crippen molar-refractivity contribution in [1.82, 2.24) is 52.1 Å². The molecule has 15 N–H and O–H groups in total. The molecule has 25 nitrogen and oxygen atoms in total. The SMILES string of the molecule is CC[C@H](C)[C@H](NC(=O)[C@@H]1CCCN1C(=O)[C@H](Cc1cnc[nH]1)NC(=O)[C@@H](NC(=O)[C@H](Cc1ccc(O)cc1)NC(=O)[C@@H](NC(=O)[C@H](CCCN=C(N)N)NC(=O)CNC)C(C)C)[C@@H](C)CC)C(=O)O.O=C(O)C(F)(F)F. The number of phenolic OH excluding ortho intramolecular Hbond substituents is 1. The number of alkyl halides is 3. The Morgan fingerprint density at radius 1 is 0.789 bits per heavy atom. The maximum Gasteiger partial charge on any atom is 0.490 e. The Hall–Kier alpha value is -7.52. The molecule has 3 rings (SSSR count). The van der Waals surface area contributed by atoms with Crippen molar-refractivity contribution in [3.05, 3.63) is 48.0 Å². The topological polar surface area (TPSA) is 395 Å². The Balaban J connectivity index is 0.00000263. The highest BCUT2D eigenvalue weighted by atomic mass is 19.4. The van der Waals surface area contributed by atoms with Crippen LogP contribution in [0.25, 0.3) is 0 Å². The fraction of sp³-hybridized carbons (Fsp3) is 0.604. The van der Waals surface area contributed by atoms with E-state index < -0.39 is 114 Å². The van der Waals surface area contributed by atoms with Crippen molar-refractivity contribution in [3.8, 4) is 5.75 Å². The number of aromatic hydroxyl groups is 1. The summed E-state index contributed by atoms with van der Waals surface area (Å²) in [4.78, 5) is 131. The molecule has 2 heterocycles. The monoisotopic (exact) mass is 1080 g/mol. The summed E-state index contributed by atoms with van der Waals surface area (Å²) in [7, 11) is 1.57. The maximum absolute atomic E-state index is 14.5. The van der Waals surface area contributed by atoms with Crippen molar-refractivity contribution in [2.24, 2.45) is 34.2 Å². The van der Waals surface area contributed by atoms with E-state index in [1.165, 1.54) is 29.6 Å². The summed E-state index contributed by atoms with van der Waals surface area (Å²) >= 11 is 0. The number of halogens is 3. The van der Waals surface area contributed by atoms with Crippen molar-refractivity contribution in [2.45, 2.75) is 141 Å². The van der Waals surface area contributed by atoms with Crippen molar-refractivity contribution in [3.63, 3.8) is 0 Å². The molecule has 0 radical (unpaired) electrons. The summed E-state index contributed by atoms with van der Waals surface area (Å²) in [5.41, 5.74) is 11.9. The predicted octanol–water partition coefficient (Wildman–Crippen LogP) is -0.461. The highest BCUT2D eigenvalue weighted by Crippen LogP contribution is 2.22. The molecule has 28 heteroatoms. The van der Waals surface area contributed by atoms with E-state index in [0.717, 1.165) is 0 Å². The van der Waals surface area contributed by atoms with E-state index in [1.54, 1.807) is 46.9 Å². The second-order valence-electron chi connectivity index (χ2n) is 18.7. The molecule has 1 aromatic carbocycles. The normalized spacial score (nSPS) is 16.4. The van der Waals surface area contributed by atoms with E-state index in [9.17, 15) is 61.7 Å². The van der Waals surface area contributed by atoms with Gasteiger partial charge in [0.05, 0.1) is 12.9 Å². The number of carbonyl (C=O) groups excluding carboxylic acids is 7. The number of likely N-dealkylation sites (N-methyl/N-ethyl adjacent to an activating group) is 1. The number of carboxylic acids is 2. The number of nitrogens with zero attached hydrogens (tertiary/aromatic N) is 3. The second kappa shape index (κ2) is 31.4. The van der Waals surface area contributed by atoms with Gasteiger partial charge >= 0.3 is 18.1 Å². The molecule has 1 fully saturated rings. The van der Waals surface area contributed by atoms with Crippen LogP contribution < -0.4 is 48.7 Å². The lowest BCUT2D eigenvalue weighted by molar-refractivity contribution is -0.192. The third-order valence-electron chi connectivity index (χ3n) is 12.4. The number of imidazole rings is 1. The molecule has 0 unspecified atom stereocenters. The Labute approximate surface area is 438 Å². The number of carboxylic acid groups (broad SMARTS) is 2. The first-order valence-electron chi connectivity index (χ1n) is 24.7. The van der Waals surface area contributed by atoms with Crippen LogP contribution >= 0.6 is 0 Å². The number of carbonyl (C=O) groups is 9. The minimum absolute atomic E-state index is 0.0369. The molecule has 0 saturated carbocycles. The third-order valence-corrected chi connectivity index (χ3v) is 12.4. The lowest BCUT2D eigenvalue weighted by atomic mass is 9.96. The van der Waals surface area contributed by atoms with E-state index in [1.807, 2.05) is 13.8 Å². The van der Waals surface area contributed by atoms with Gasteiger partial charge in [-0.05, 0) is 68.2 Å². The molecule has 76 heavy (non-hydrogen) atoms. The van der Waals surface area contributed by atoms with E-state index in [0.29, 0.717) is 36.9 Å². The zero-order chi connectivity index (χ0) is 57.4. The van der Waals surface area contributed by atoms with Gasteiger partial charge in [0.2, 0.25) is 41.4 Å². The van der Waals surface area contributed by atoms with Crippen LogP contribution in [0.1, 0.15) is 91.3 Å². The number of aromatic amines is 1. The molecule has 1 saturated heterocycles. The minimum atomic E-state index is -5.08. The van der Waals surface area contributed by atoms with E-state index in [-0.39, 0.29) is 62.9 Å². The summed E-state index contributed by atoms with van der Waals surface area (Å²) in [6.45, 7) is 10.7. The van der Waals surface area contributed by atoms with Gasteiger partial charge in [0.15, 0.2) is 5.96 Å². The van der Waals surface area contributed by atoms with Crippen LogP contribution in [0.5, 0.6) is 5.75 Å². The molecule has 9 atom stereocenters. The number of guanidine groups is 1. The number of nitrogens with one attached hydrogen (secondary N) is 8. The molecule has 2 aromatic rings. The van der Waals surface area contributed by atoms with Gasteiger partial charge in [-0.15, -0.1) is 0 Å². The van der Waals surface area contributed by atoms with Gasteiger partial charge in [0, 0.05) is 37.8 Å². The first kappa shape index (κ1) is 64.6. The van der Waals surface area contributed by atoms with Crippen molar-refractivity contribution in [2.75, 3.05) is 26.7 Å². The van der Waals surface area contributed by atoms with Crippen molar-refractivity contribution < 1.29 is 71.6 Å². The molecule has 0 aliphatic carbocycles. The zero-order valence-electron chi connectivity index (χ0n) is 43.7. The number of nitrogens with two attached hydrogens (primary N) is 2. The number of aliphatic carboxylic acids is 2. The summed E-state index contributed by atoms with van der Waals surface area (Å²) in [6.07, 6.45) is -0.337. The number of phenols is 1. The van der Waals surface area contributed by atoms with Gasteiger partial charge in [-0.25, -0.2) is 14.6 Å². The van der Waals surface area contributed by atoms with E-state index in [2.05, 4.69) is 52.2 Å². The number of benzene rings is 1. The van der Waals surface area contributed by atoms with Crippen LogP contribution in [0.4, 0.5) is 13.2 Å². The average molecular weight is 1080 g/mol. The molecule has 1 aliphatic heterocycles. The van der Waals surface area contributed by atoms with Crippen LogP contribution in [0.15, 0.2) is 41.8 Å². The average Bonchev–Trinajstić information content (AvgIpc) is 4.07. The molecule has 0 spiro atoms. The smallest absolute Gasteiger partial charge is 0.490 e. The molecule has 0 bridgehead atoms. The Bertz CT molecular complexity index is 2280. The second-order valence-corrected chi connectivity index (χ2v) is 18.7. The van der Waals surface area contributed by atoms with Gasteiger partial charge in [-0.2, -0.15) is 13.2 Å². The lowest BCUT2D eigenvalue weighted by Crippen LogP contribution is -2.62. The van der Waals surface area contributed by atoms with Crippen molar-refractivity contribution in [1.29, 1.82) is 0 Å². The molecular weight excluding hydrogens is 1010 g/mol. The van der Waals surface area contributed by atoms with Crippen LogP contribution in [0.3, 0.4) is 0 Å².